The lowest BCUT2D eigenvalue weighted by Crippen LogP contribution is -2.02. The normalized spacial score (nSPS) is 10.3. The summed E-state index contributed by atoms with van der Waals surface area (Å²) in [6, 6.07) is 10.3. The highest BCUT2D eigenvalue weighted by Gasteiger charge is 2.09. The van der Waals surface area contributed by atoms with Crippen molar-refractivity contribution in [2.45, 2.75) is 13.2 Å². The fraction of sp³-hybridized carbons (Fsp3) is 0.250. The van der Waals surface area contributed by atoms with Crippen molar-refractivity contribution in [3.05, 3.63) is 53.3 Å². The first-order valence-electron chi connectivity index (χ1n) is 6.50. The molecule has 0 spiro atoms. The first-order chi connectivity index (χ1) is 10.2. The maximum atomic E-state index is 14.0. The van der Waals surface area contributed by atoms with Gasteiger partial charge in [0.15, 0.2) is 11.6 Å². The maximum absolute atomic E-state index is 14.0. The number of rotatable bonds is 6. The number of hydrogen-bond acceptors (Lipinski definition) is 4. The van der Waals surface area contributed by atoms with Crippen LogP contribution in [0.2, 0.25) is 0 Å². The standard InChI is InChI=1S/C16H18FNO3/c1-19-13-6-11(9-18)7-14(8-13)21-10-12-4-3-5-15(20-2)16(12)17/h3-8H,9-10,18H2,1-2H3. The van der Waals surface area contributed by atoms with Crippen LogP contribution in [0.1, 0.15) is 11.1 Å². The van der Waals surface area contributed by atoms with Gasteiger partial charge >= 0.3 is 0 Å². The third-order valence-corrected chi connectivity index (χ3v) is 3.07. The fourth-order valence-electron chi connectivity index (χ4n) is 1.94. The van der Waals surface area contributed by atoms with Crippen LogP contribution in [0.5, 0.6) is 17.2 Å². The van der Waals surface area contributed by atoms with Gasteiger partial charge in [0.2, 0.25) is 0 Å². The van der Waals surface area contributed by atoms with Crippen molar-refractivity contribution in [1.82, 2.24) is 0 Å². The summed E-state index contributed by atoms with van der Waals surface area (Å²) in [5.74, 6) is 1.02. The molecule has 0 aliphatic rings. The predicted molar refractivity (Wildman–Crippen MR) is 78.2 cm³/mol. The van der Waals surface area contributed by atoms with E-state index in [1.165, 1.54) is 7.11 Å². The van der Waals surface area contributed by atoms with E-state index in [-0.39, 0.29) is 12.4 Å². The molecule has 0 unspecified atom stereocenters. The van der Waals surface area contributed by atoms with Crippen molar-refractivity contribution in [3.63, 3.8) is 0 Å². The number of benzene rings is 2. The summed E-state index contributed by atoms with van der Waals surface area (Å²) in [6.45, 7) is 0.474. The lowest BCUT2D eigenvalue weighted by Gasteiger charge is -2.11. The number of methoxy groups -OCH3 is 2. The van der Waals surface area contributed by atoms with E-state index >= 15 is 0 Å². The Bertz CT molecular complexity index is 594. The van der Waals surface area contributed by atoms with E-state index in [2.05, 4.69) is 0 Å². The lowest BCUT2D eigenvalue weighted by atomic mass is 10.2. The molecule has 0 atom stereocenters. The molecule has 0 aliphatic carbocycles. The fourth-order valence-corrected chi connectivity index (χ4v) is 1.94. The van der Waals surface area contributed by atoms with E-state index in [9.17, 15) is 4.39 Å². The largest absolute Gasteiger partial charge is 0.497 e. The maximum Gasteiger partial charge on any atom is 0.171 e. The molecule has 2 aromatic carbocycles. The minimum Gasteiger partial charge on any atom is -0.497 e. The van der Waals surface area contributed by atoms with Crippen molar-refractivity contribution in [2.75, 3.05) is 14.2 Å². The molecule has 0 bridgehead atoms. The highest BCUT2D eigenvalue weighted by atomic mass is 19.1. The SMILES string of the molecule is COc1cc(CN)cc(OCc2cccc(OC)c2F)c1. The summed E-state index contributed by atoms with van der Waals surface area (Å²) in [5.41, 5.74) is 6.93. The van der Waals surface area contributed by atoms with Gasteiger partial charge in [0, 0.05) is 18.2 Å². The van der Waals surface area contributed by atoms with E-state index in [1.54, 1.807) is 37.4 Å². The molecule has 5 heteroatoms. The molecule has 0 aliphatic heterocycles. The smallest absolute Gasteiger partial charge is 0.171 e. The summed E-state index contributed by atoms with van der Waals surface area (Å²) in [4.78, 5) is 0. The molecular weight excluding hydrogens is 273 g/mol. The summed E-state index contributed by atoms with van der Waals surface area (Å²) in [7, 11) is 3.00. The zero-order valence-corrected chi connectivity index (χ0v) is 12.1. The molecule has 0 heterocycles. The molecule has 2 rings (SSSR count). The average molecular weight is 291 g/mol. The molecule has 0 saturated heterocycles. The van der Waals surface area contributed by atoms with Crippen LogP contribution in [0, 0.1) is 5.82 Å². The van der Waals surface area contributed by atoms with Crippen LogP contribution in [0.4, 0.5) is 4.39 Å². The van der Waals surface area contributed by atoms with E-state index in [0.717, 1.165) is 5.56 Å². The second kappa shape index (κ2) is 6.95. The third-order valence-electron chi connectivity index (χ3n) is 3.07. The van der Waals surface area contributed by atoms with Gasteiger partial charge in [0.25, 0.3) is 0 Å². The molecule has 4 nitrogen and oxygen atoms in total. The molecule has 2 N–H and O–H groups in total. The topological polar surface area (TPSA) is 53.7 Å². The third kappa shape index (κ3) is 3.64. The first kappa shape index (κ1) is 15.1. The van der Waals surface area contributed by atoms with Gasteiger partial charge in [0.1, 0.15) is 18.1 Å². The molecule has 0 fully saturated rings. The zero-order valence-electron chi connectivity index (χ0n) is 12.1. The molecule has 0 saturated carbocycles. The van der Waals surface area contributed by atoms with Crippen molar-refractivity contribution in [3.8, 4) is 17.2 Å². The van der Waals surface area contributed by atoms with Crippen molar-refractivity contribution in [1.29, 1.82) is 0 Å². The molecule has 0 aromatic heterocycles. The van der Waals surface area contributed by atoms with E-state index in [1.807, 2.05) is 6.07 Å². The predicted octanol–water partition coefficient (Wildman–Crippen LogP) is 2.88. The number of hydrogen-bond donors (Lipinski definition) is 1. The van der Waals surface area contributed by atoms with Gasteiger partial charge in [-0.1, -0.05) is 12.1 Å². The molecule has 112 valence electrons. The molecule has 21 heavy (non-hydrogen) atoms. The minimum atomic E-state index is -0.415. The summed E-state index contributed by atoms with van der Waals surface area (Å²) < 4.78 is 29.8. The Labute approximate surface area is 123 Å². The molecule has 0 amide bonds. The first-order valence-corrected chi connectivity index (χ1v) is 6.50. The van der Waals surface area contributed by atoms with Crippen LogP contribution >= 0.6 is 0 Å². The second-order valence-electron chi connectivity index (χ2n) is 4.44. The van der Waals surface area contributed by atoms with Crippen LogP contribution in [-0.2, 0) is 13.2 Å². The Morgan fingerprint density at radius 2 is 1.81 bits per heavy atom. The number of halogens is 1. The van der Waals surface area contributed by atoms with Gasteiger partial charge in [-0.3, -0.25) is 0 Å². The van der Waals surface area contributed by atoms with Crippen LogP contribution in [-0.4, -0.2) is 14.2 Å². The van der Waals surface area contributed by atoms with Crippen molar-refractivity contribution in [2.24, 2.45) is 5.73 Å². The van der Waals surface area contributed by atoms with Crippen LogP contribution in [0.25, 0.3) is 0 Å². The zero-order chi connectivity index (χ0) is 15.2. The van der Waals surface area contributed by atoms with Gasteiger partial charge in [0.05, 0.1) is 14.2 Å². The molecule has 2 aromatic rings. The highest BCUT2D eigenvalue weighted by Crippen LogP contribution is 2.25. The Kier molecular flexibility index (Phi) is 5.00. The van der Waals surface area contributed by atoms with Gasteiger partial charge in [-0.15, -0.1) is 0 Å². The Hall–Kier alpha value is -2.27. The molecule has 0 radical (unpaired) electrons. The van der Waals surface area contributed by atoms with Gasteiger partial charge in [-0.05, 0) is 23.8 Å². The Balaban J connectivity index is 2.16. The van der Waals surface area contributed by atoms with Crippen molar-refractivity contribution >= 4 is 0 Å². The quantitative estimate of drug-likeness (QED) is 0.889. The summed E-state index contributed by atoms with van der Waals surface area (Å²) in [5, 5.41) is 0. The van der Waals surface area contributed by atoms with Crippen LogP contribution < -0.4 is 19.9 Å². The van der Waals surface area contributed by atoms with Crippen LogP contribution in [0.3, 0.4) is 0 Å². The monoisotopic (exact) mass is 291 g/mol. The average Bonchev–Trinajstić information content (AvgIpc) is 2.53. The van der Waals surface area contributed by atoms with Gasteiger partial charge < -0.3 is 19.9 Å². The lowest BCUT2D eigenvalue weighted by molar-refractivity contribution is 0.293. The second-order valence-corrected chi connectivity index (χ2v) is 4.44. The summed E-state index contributed by atoms with van der Waals surface area (Å²) in [6.07, 6.45) is 0. The van der Waals surface area contributed by atoms with Crippen molar-refractivity contribution < 1.29 is 18.6 Å². The van der Waals surface area contributed by atoms with Crippen LogP contribution in [0.15, 0.2) is 36.4 Å². The Morgan fingerprint density at radius 1 is 1.05 bits per heavy atom. The minimum absolute atomic E-state index is 0.0974. The van der Waals surface area contributed by atoms with E-state index in [0.29, 0.717) is 23.6 Å². The van der Waals surface area contributed by atoms with E-state index in [4.69, 9.17) is 19.9 Å². The Morgan fingerprint density at radius 3 is 2.48 bits per heavy atom. The summed E-state index contributed by atoms with van der Waals surface area (Å²) >= 11 is 0. The number of nitrogens with two attached hydrogens (primary N) is 1. The number of ether oxygens (including phenoxy) is 3. The van der Waals surface area contributed by atoms with Gasteiger partial charge in [-0.2, -0.15) is 0 Å². The van der Waals surface area contributed by atoms with E-state index < -0.39 is 5.82 Å². The highest BCUT2D eigenvalue weighted by molar-refractivity contribution is 5.39. The molecular formula is C16H18FNO3. The van der Waals surface area contributed by atoms with Gasteiger partial charge in [-0.25, -0.2) is 4.39 Å².